The first kappa shape index (κ1) is 18.4. The number of hydrogen-bond acceptors (Lipinski definition) is 5. The molecule has 146 valence electrons. The number of nitrogens with one attached hydrogen (secondary N) is 1. The van der Waals surface area contributed by atoms with E-state index in [-0.39, 0.29) is 29.1 Å². The third-order valence-electron chi connectivity index (χ3n) is 4.61. The number of amides is 1. The lowest BCUT2D eigenvalue weighted by atomic mass is 10.2. The maximum Gasteiger partial charge on any atom is 0.292 e. The maximum atomic E-state index is 13.1. The molecule has 4 rings (SSSR count). The SMILES string of the molecule is Cc1cc(NC(=O)c2ccc(-c3ccc(F)cc3)o2)n([C@@H]2CCS(=O)(=O)C2)n1. The van der Waals surface area contributed by atoms with Crippen molar-refractivity contribution >= 4 is 21.6 Å². The number of carbonyl (C=O) groups excluding carboxylic acids is 1. The molecule has 2 aromatic heterocycles. The summed E-state index contributed by atoms with van der Waals surface area (Å²) in [7, 11) is -3.08. The van der Waals surface area contributed by atoms with Crippen molar-refractivity contribution in [2.75, 3.05) is 16.8 Å². The smallest absolute Gasteiger partial charge is 0.292 e. The molecule has 1 fully saturated rings. The Kier molecular flexibility index (Phi) is 4.54. The minimum absolute atomic E-state index is 0.00641. The fourth-order valence-electron chi connectivity index (χ4n) is 3.26. The van der Waals surface area contributed by atoms with Crippen molar-refractivity contribution in [1.82, 2.24) is 9.78 Å². The van der Waals surface area contributed by atoms with Crippen LogP contribution in [0.3, 0.4) is 0 Å². The second kappa shape index (κ2) is 6.90. The van der Waals surface area contributed by atoms with Gasteiger partial charge in [-0.05, 0) is 49.7 Å². The molecule has 9 heteroatoms. The first-order valence-corrected chi connectivity index (χ1v) is 10.6. The van der Waals surface area contributed by atoms with Crippen molar-refractivity contribution in [3.05, 3.63) is 59.7 Å². The standard InChI is InChI=1S/C19H18FN3O4S/c1-12-10-18(23(22-12)15-8-9-28(25,26)11-15)21-19(24)17-7-6-16(27-17)13-2-4-14(20)5-3-13/h2-7,10,15H,8-9,11H2,1H3,(H,21,24)/t15-/m1/s1. The van der Waals surface area contributed by atoms with Crippen LogP contribution in [0.15, 0.2) is 46.9 Å². The summed E-state index contributed by atoms with van der Waals surface area (Å²) in [5.41, 5.74) is 1.32. The van der Waals surface area contributed by atoms with Crippen molar-refractivity contribution in [2.45, 2.75) is 19.4 Å². The molecule has 0 bridgehead atoms. The molecule has 1 aromatic carbocycles. The second-order valence-corrected chi connectivity index (χ2v) is 9.03. The van der Waals surface area contributed by atoms with E-state index in [4.69, 9.17) is 4.42 Å². The largest absolute Gasteiger partial charge is 0.451 e. The second-order valence-electron chi connectivity index (χ2n) is 6.80. The van der Waals surface area contributed by atoms with Crippen molar-refractivity contribution in [3.63, 3.8) is 0 Å². The molecule has 3 heterocycles. The molecule has 7 nitrogen and oxygen atoms in total. The van der Waals surface area contributed by atoms with E-state index in [0.717, 1.165) is 0 Å². The highest BCUT2D eigenvalue weighted by Gasteiger charge is 2.31. The summed E-state index contributed by atoms with van der Waals surface area (Å²) >= 11 is 0. The number of halogens is 1. The zero-order chi connectivity index (χ0) is 19.9. The summed E-state index contributed by atoms with van der Waals surface area (Å²) in [6.45, 7) is 1.77. The van der Waals surface area contributed by atoms with Crippen LogP contribution >= 0.6 is 0 Å². The van der Waals surface area contributed by atoms with Gasteiger partial charge in [0, 0.05) is 11.6 Å². The summed E-state index contributed by atoms with van der Waals surface area (Å²) in [5.74, 6) is 0.237. The van der Waals surface area contributed by atoms with Gasteiger partial charge in [-0.3, -0.25) is 4.79 Å². The van der Waals surface area contributed by atoms with Gasteiger partial charge in [-0.15, -0.1) is 0 Å². The summed E-state index contributed by atoms with van der Waals surface area (Å²) in [6, 6.07) is 10.3. The Balaban J connectivity index is 1.54. The van der Waals surface area contributed by atoms with E-state index in [9.17, 15) is 17.6 Å². The van der Waals surface area contributed by atoms with Crippen LogP contribution in [0.5, 0.6) is 0 Å². The van der Waals surface area contributed by atoms with Gasteiger partial charge >= 0.3 is 0 Å². The Bertz CT molecular complexity index is 1130. The Morgan fingerprint density at radius 3 is 2.68 bits per heavy atom. The lowest BCUT2D eigenvalue weighted by Crippen LogP contribution is -2.19. The molecule has 3 aromatic rings. The van der Waals surface area contributed by atoms with Crippen LogP contribution in [-0.4, -0.2) is 35.6 Å². The van der Waals surface area contributed by atoms with Gasteiger partial charge in [-0.25, -0.2) is 17.5 Å². The highest BCUT2D eigenvalue weighted by Crippen LogP contribution is 2.28. The summed E-state index contributed by atoms with van der Waals surface area (Å²) in [6.07, 6.45) is 0.460. The number of aryl methyl sites for hydroxylation is 1. The third kappa shape index (κ3) is 3.70. The number of aromatic nitrogens is 2. The highest BCUT2D eigenvalue weighted by atomic mass is 32.2. The average Bonchev–Trinajstić information content (AvgIpc) is 3.34. The maximum absolute atomic E-state index is 13.1. The van der Waals surface area contributed by atoms with Gasteiger partial charge in [0.1, 0.15) is 17.4 Å². The summed E-state index contributed by atoms with van der Waals surface area (Å²) < 4.78 is 43.7. The monoisotopic (exact) mass is 403 g/mol. The predicted octanol–water partition coefficient (Wildman–Crippen LogP) is 3.20. The Hall–Kier alpha value is -2.94. The fraction of sp³-hybridized carbons (Fsp3) is 0.263. The van der Waals surface area contributed by atoms with Gasteiger partial charge in [0.25, 0.3) is 5.91 Å². The molecule has 1 N–H and O–H groups in total. The van der Waals surface area contributed by atoms with E-state index >= 15 is 0 Å². The van der Waals surface area contributed by atoms with E-state index in [2.05, 4.69) is 10.4 Å². The number of rotatable bonds is 4. The molecule has 0 spiro atoms. The van der Waals surface area contributed by atoms with Crippen LogP contribution < -0.4 is 5.32 Å². The van der Waals surface area contributed by atoms with Crippen LogP contribution in [0.2, 0.25) is 0 Å². The number of carbonyl (C=O) groups is 1. The third-order valence-corrected chi connectivity index (χ3v) is 6.36. The van der Waals surface area contributed by atoms with Gasteiger partial charge in [-0.1, -0.05) is 0 Å². The average molecular weight is 403 g/mol. The van der Waals surface area contributed by atoms with E-state index in [1.807, 2.05) is 0 Å². The van der Waals surface area contributed by atoms with E-state index in [0.29, 0.717) is 29.3 Å². The topological polar surface area (TPSA) is 94.2 Å². The minimum atomic E-state index is -3.08. The predicted molar refractivity (Wildman–Crippen MR) is 101 cm³/mol. The fourth-order valence-corrected chi connectivity index (χ4v) is 4.96. The highest BCUT2D eigenvalue weighted by molar-refractivity contribution is 7.91. The number of benzene rings is 1. The first-order chi connectivity index (χ1) is 13.3. The zero-order valence-corrected chi connectivity index (χ0v) is 15.9. The van der Waals surface area contributed by atoms with Crippen LogP contribution in [0.25, 0.3) is 11.3 Å². The molecule has 1 atom stereocenters. The number of sulfone groups is 1. The van der Waals surface area contributed by atoms with E-state index in [1.54, 1.807) is 35.9 Å². The molecule has 1 amide bonds. The van der Waals surface area contributed by atoms with Crippen molar-refractivity contribution < 1.29 is 22.0 Å². The van der Waals surface area contributed by atoms with Gasteiger partial charge in [0.2, 0.25) is 0 Å². The van der Waals surface area contributed by atoms with Gasteiger partial charge in [0.05, 0.1) is 23.2 Å². The number of furan rings is 1. The Morgan fingerprint density at radius 2 is 2.00 bits per heavy atom. The van der Waals surface area contributed by atoms with Crippen molar-refractivity contribution in [1.29, 1.82) is 0 Å². The zero-order valence-electron chi connectivity index (χ0n) is 15.1. The molecule has 1 saturated heterocycles. The van der Waals surface area contributed by atoms with E-state index < -0.39 is 15.7 Å². The molecule has 0 unspecified atom stereocenters. The normalized spacial score (nSPS) is 18.3. The minimum Gasteiger partial charge on any atom is -0.451 e. The molecule has 1 aliphatic rings. The van der Waals surface area contributed by atoms with Crippen LogP contribution in [0.1, 0.15) is 28.7 Å². The molecule has 28 heavy (non-hydrogen) atoms. The van der Waals surface area contributed by atoms with E-state index in [1.165, 1.54) is 18.2 Å². The molecular formula is C19H18FN3O4S. The van der Waals surface area contributed by atoms with Crippen LogP contribution in [-0.2, 0) is 9.84 Å². The van der Waals surface area contributed by atoms with Crippen LogP contribution in [0, 0.1) is 12.7 Å². The number of anilines is 1. The lowest BCUT2D eigenvalue weighted by molar-refractivity contribution is 0.0996. The molecule has 0 radical (unpaired) electrons. The Labute approximate surface area is 161 Å². The number of hydrogen-bond donors (Lipinski definition) is 1. The van der Waals surface area contributed by atoms with Crippen molar-refractivity contribution in [2.24, 2.45) is 0 Å². The quantitative estimate of drug-likeness (QED) is 0.722. The van der Waals surface area contributed by atoms with Gasteiger partial charge in [-0.2, -0.15) is 5.10 Å². The molecule has 0 aliphatic carbocycles. The lowest BCUT2D eigenvalue weighted by Gasteiger charge is -2.13. The molecule has 0 saturated carbocycles. The van der Waals surface area contributed by atoms with Gasteiger partial charge in [0.15, 0.2) is 15.6 Å². The Morgan fingerprint density at radius 1 is 1.25 bits per heavy atom. The number of nitrogens with zero attached hydrogens (tertiary/aromatic N) is 2. The molecular weight excluding hydrogens is 385 g/mol. The summed E-state index contributed by atoms with van der Waals surface area (Å²) in [5, 5.41) is 7.08. The first-order valence-electron chi connectivity index (χ1n) is 8.74. The summed E-state index contributed by atoms with van der Waals surface area (Å²) in [4.78, 5) is 12.6. The molecule has 1 aliphatic heterocycles. The van der Waals surface area contributed by atoms with Crippen LogP contribution in [0.4, 0.5) is 10.2 Å². The van der Waals surface area contributed by atoms with Gasteiger partial charge < -0.3 is 9.73 Å². The van der Waals surface area contributed by atoms with Crippen molar-refractivity contribution in [3.8, 4) is 11.3 Å².